The van der Waals surface area contributed by atoms with Crippen LogP contribution in [-0.2, 0) is 0 Å². The predicted octanol–water partition coefficient (Wildman–Crippen LogP) is 4.62. The van der Waals surface area contributed by atoms with Crippen molar-refractivity contribution in [3.8, 4) is 0 Å². The van der Waals surface area contributed by atoms with Gasteiger partial charge in [-0.15, -0.1) is 0 Å². The van der Waals surface area contributed by atoms with Crippen molar-refractivity contribution in [1.82, 2.24) is 5.32 Å². The van der Waals surface area contributed by atoms with Crippen molar-refractivity contribution in [2.45, 2.75) is 73.1 Å². The molecule has 0 amide bonds. The van der Waals surface area contributed by atoms with Crippen LogP contribution >= 0.6 is 0 Å². The quantitative estimate of drug-likeness (QED) is 0.755. The van der Waals surface area contributed by atoms with Crippen LogP contribution in [0.15, 0.2) is 0 Å². The Balaban J connectivity index is 2.25. The SMILES string of the molecule is CCCC1CNCCC12CC(C)(C)CC(C)(C)C2. The van der Waals surface area contributed by atoms with E-state index in [4.69, 9.17) is 0 Å². The molecule has 2 aliphatic rings. The van der Waals surface area contributed by atoms with Crippen LogP contribution in [0.5, 0.6) is 0 Å². The van der Waals surface area contributed by atoms with E-state index in [0.717, 1.165) is 5.92 Å². The fraction of sp³-hybridized carbons (Fsp3) is 1.00. The average Bonchev–Trinajstić information content (AvgIpc) is 2.17. The van der Waals surface area contributed by atoms with Crippen LogP contribution in [0.2, 0.25) is 0 Å². The summed E-state index contributed by atoms with van der Waals surface area (Å²) in [6.45, 7) is 14.9. The lowest BCUT2D eigenvalue weighted by Gasteiger charge is -2.57. The van der Waals surface area contributed by atoms with E-state index in [2.05, 4.69) is 39.9 Å². The molecule has 1 heteroatoms. The summed E-state index contributed by atoms with van der Waals surface area (Å²) in [6, 6.07) is 0. The smallest absolute Gasteiger partial charge is 0.00152 e. The molecule has 18 heavy (non-hydrogen) atoms. The Morgan fingerprint density at radius 1 is 1.00 bits per heavy atom. The summed E-state index contributed by atoms with van der Waals surface area (Å²) in [6.07, 6.45) is 8.47. The molecule has 0 aromatic rings. The third kappa shape index (κ3) is 2.92. The Kier molecular flexibility index (Phi) is 3.84. The lowest BCUT2D eigenvalue weighted by atomic mass is 9.49. The second kappa shape index (κ2) is 4.81. The van der Waals surface area contributed by atoms with E-state index in [-0.39, 0.29) is 0 Å². The van der Waals surface area contributed by atoms with Gasteiger partial charge >= 0.3 is 0 Å². The summed E-state index contributed by atoms with van der Waals surface area (Å²) in [5.41, 5.74) is 1.70. The summed E-state index contributed by atoms with van der Waals surface area (Å²) in [4.78, 5) is 0. The van der Waals surface area contributed by atoms with Gasteiger partial charge in [0, 0.05) is 0 Å². The maximum atomic E-state index is 3.65. The summed E-state index contributed by atoms with van der Waals surface area (Å²) in [7, 11) is 0. The van der Waals surface area contributed by atoms with Gasteiger partial charge in [-0.2, -0.15) is 0 Å². The van der Waals surface area contributed by atoms with Crippen molar-refractivity contribution < 1.29 is 0 Å². The molecule has 1 atom stereocenters. The van der Waals surface area contributed by atoms with Gasteiger partial charge in [0.25, 0.3) is 0 Å². The van der Waals surface area contributed by atoms with Crippen LogP contribution in [0, 0.1) is 22.2 Å². The Morgan fingerprint density at radius 3 is 2.17 bits per heavy atom. The minimum Gasteiger partial charge on any atom is -0.316 e. The van der Waals surface area contributed by atoms with Gasteiger partial charge in [-0.25, -0.2) is 0 Å². The van der Waals surface area contributed by atoms with Crippen LogP contribution in [0.25, 0.3) is 0 Å². The number of hydrogen-bond donors (Lipinski definition) is 1. The van der Waals surface area contributed by atoms with Gasteiger partial charge in [-0.05, 0) is 67.4 Å². The highest BCUT2D eigenvalue weighted by atomic mass is 14.9. The van der Waals surface area contributed by atoms with Crippen LogP contribution in [-0.4, -0.2) is 13.1 Å². The molecule has 1 aliphatic heterocycles. The highest BCUT2D eigenvalue weighted by molar-refractivity contribution is 5.02. The number of rotatable bonds is 2. The van der Waals surface area contributed by atoms with Gasteiger partial charge in [0.05, 0.1) is 0 Å². The predicted molar refractivity (Wildman–Crippen MR) is 79.7 cm³/mol. The molecule has 1 aliphatic carbocycles. The zero-order valence-corrected chi connectivity index (χ0v) is 13.2. The van der Waals surface area contributed by atoms with Crippen molar-refractivity contribution in [3.63, 3.8) is 0 Å². The Morgan fingerprint density at radius 2 is 1.61 bits per heavy atom. The van der Waals surface area contributed by atoms with Gasteiger partial charge in [0.2, 0.25) is 0 Å². The molecule has 1 saturated heterocycles. The topological polar surface area (TPSA) is 12.0 Å². The van der Waals surface area contributed by atoms with Gasteiger partial charge in [-0.3, -0.25) is 0 Å². The maximum absolute atomic E-state index is 3.65. The van der Waals surface area contributed by atoms with Crippen LogP contribution in [0.3, 0.4) is 0 Å². The van der Waals surface area contributed by atoms with Gasteiger partial charge in [-0.1, -0.05) is 41.0 Å². The van der Waals surface area contributed by atoms with E-state index in [1.54, 1.807) is 0 Å². The number of nitrogens with one attached hydrogen (secondary N) is 1. The average molecular weight is 251 g/mol. The van der Waals surface area contributed by atoms with Crippen LogP contribution < -0.4 is 5.32 Å². The molecule has 0 aromatic carbocycles. The third-order valence-electron chi connectivity index (χ3n) is 5.31. The minimum absolute atomic E-state index is 0.533. The Hall–Kier alpha value is -0.0400. The van der Waals surface area contributed by atoms with Gasteiger partial charge in [0.15, 0.2) is 0 Å². The second-order valence-corrected chi connectivity index (χ2v) is 8.66. The molecule has 0 bridgehead atoms. The van der Waals surface area contributed by atoms with Crippen LogP contribution in [0.4, 0.5) is 0 Å². The van der Waals surface area contributed by atoms with Gasteiger partial charge < -0.3 is 5.32 Å². The molecule has 0 aromatic heterocycles. The lowest BCUT2D eigenvalue weighted by molar-refractivity contribution is -0.0592. The summed E-state index contributed by atoms with van der Waals surface area (Å²) in [5.74, 6) is 0.912. The monoisotopic (exact) mass is 251 g/mol. The number of hydrogen-bond acceptors (Lipinski definition) is 1. The van der Waals surface area contributed by atoms with E-state index < -0.39 is 0 Å². The summed E-state index contributed by atoms with van der Waals surface area (Å²) >= 11 is 0. The van der Waals surface area contributed by atoms with Crippen molar-refractivity contribution in [1.29, 1.82) is 0 Å². The van der Waals surface area contributed by atoms with E-state index in [1.807, 2.05) is 0 Å². The number of piperidine rings is 1. The molecule has 1 nitrogen and oxygen atoms in total. The van der Waals surface area contributed by atoms with Crippen LogP contribution in [0.1, 0.15) is 73.1 Å². The maximum Gasteiger partial charge on any atom is -0.00152 e. The van der Waals surface area contributed by atoms with Crippen molar-refractivity contribution in [2.75, 3.05) is 13.1 Å². The molecular formula is C17H33N. The highest BCUT2D eigenvalue weighted by Gasteiger charge is 2.51. The molecule has 106 valence electrons. The van der Waals surface area contributed by atoms with E-state index in [1.165, 1.54) is 51.6 Å². The van der Waals surface area contributed by atoms with Crippen molar-refractivity contribution in [2.24, 2.45) is 22.2 Å². The fourth-order valence-electron chi connectivity index (χ4n) is 5.65. The van der Waals surface area contributed by atoms with E-state index in [9.17, 15) is 0 Å². The zero-order valence-electron chi connectivity index (χ0n) is 13.2. The first-order valence-electron chi connectivity index (χ1n) is 7.99. The highest BCUT2D eigenvalue weighted by Crippen LogP contribution is 2.59. The summed E-state index contributed by atoms with van der Waals surface area (Å²) in [5, 5.41) is 3.65. The molecular weight excluding hydrogens is 218 g/mol. The van der Waals surface area contributed by atoms with Gasteiger partial charge in [0.1, 0.15) is 0 Å². The summed E-state index contributed by atoms with van der Waals surface area (Å²) < 4.78 is 0. The van der Waals surface area contributed by atoms with Crippen molar-refractivity contribution >= 4 is 0 Å². The normalized spacial score (nSPS) is 33.5. The molecule has 1 unspecified atom stereocenters. The molecule has 1 saturated carbocycles. The van der Waals surface area contributed by atoms with E-state index >= 15 is 0 Å². The first-order valence-corrected chi connectivity index (χ1v) is 7.99. The Bertz CT molecular complexity index is 272. The molecule has 1 spiro atoms. The molecule has 2 rings (SSSR count). The lowest BCUT2D eigenvalue weighted by Crippen LogP contribution is -2.52. The standard InChI is InChI=1S/C17H33N/c1-6-7-14-10-18-9-8-17(14)12-15(2,3)11-16(4,5)13-17/h14,18H,6-13H2,1-5H3. The minimum atomic E-state index is 0.533. The second-order valence-electron chi connectivity index (χ2n) is 8.66. The zero-order chi connectivity index (χ0) is 13.4. The van der Waals surface area contributed by atoms with E-state index in [0.29, 0.717) is 16.2 Å². The molecule has 1 heterocycles. The molecule has 0 radical (unpaired) electrons. The molecule has 1 N–H and O–H groups in total. The first kappa shape index (κ1) is 14.4. The van der Waals surface area contributed by atoms with Crippen molar-refractivity contribution in [3.05, 3.63) is 0 Å². The largest absolute Gasteiger partial charge is 0.316 e. The first-order chi connectivity index (χ1) is 8.29. The third-order valence-corrected chi connectivity index (χ3v) is 5.31. The Labute approximate surface area is 114 Å². The fourth-order valence-corrected chi connectivity index (χ4v) is 5.65. The molecule has 2 fully saturated rings.